The van der Waals surface area contributed by atoms with Crippen LogP contribution in [-0.2, 0) is 0 Å². The molecule has 1 fully saturated rings. The summed E-state index contributed by atoms with van der Waals surface area (Å²) in [6.07, 6.45) is 7.71. The van der Waals surface area contributed by atoms with Crippen LogP contribution in [0.15, 0.2) is 12.2 Å². The molecule has 3 atom stereocenters. The molecule has 1 N–H and O–H groups in total. The third-order valence-electron chi connectivity index (χ3n) is 3.20. The maximum atomic E-state index is 3.54. The lowest BCUT2D eigenvalue weighted by Crippen LogP contribution is -2.30. The van der Waals surface area contributed by atoms with Gasteiger partial charge < -0.3 is 5.32 Å². The summed E-state index contributed by atoms with van der Waals surface area (Å²) in [7, 11) is 0. The van der Waals surface area contributed by atoms with Crippen molar-refractivity contribution in [3.8, 4) is 0 Å². The van der Waals surface area contributed by atoms with Gasteiger partial charge in [-0.25, -0.2) is 0 Å². The second-order valence-corrected chi connectivity index (χ2v) is 4.60. The fourth-order valence-corrected chi connectivity index (χ4v) is 2.52. The summed E-state index contributed by atoms with van der Waals surface area (Å²) in [5, 5.41) is 3.54. The molecule has 1 nitrogen and oxygen atoms in total. The van der Waals surface area contributed by atoms with Crippen molar-refractivity contribution in [3.63, 3.8) is 0 Å². The maximum Gasteiger partial charge on any atom is 0.00104 e. The molecule has 3 unspecified atom stereocenters. The lowest BCUT2D eigenvalue weighted by Gasteiger charge is -2.19. The number of hydrogen-bond acceptors (Lipinski definition) is 1. The minimum absolute atomic E-state index is 0.646. The Bertz CT molecular complexity index is 183. The molecule has 12 heavy (non-hydrogen) atoms. The Morgan fingerprint density at radius 2 is 2.17 bits per heavy atom. The molecule has 0 saturated heterocycles. The average molecular weight is 165 g/mol. The molecule has 0 aromatic heterocycles. The van der Waals surface area contributed by atoms with Crippen molar-refractivity contribution in [2.75, 3.05) is 6.54 Å². The topological polar surface area (TPSA) is 12.0 Å². The molecule has 2 bridgehead atoms. The second kappa shape index (κ2) is 3.21. The first kappa shape index (κ1) is 8.31. The van der Waals surface area contributed by atoms with E-state index in [9.17, 15) is 0 Å². The highest BCUT2D eigenvalue weighted by molar-refractivity contribution is 5.10. The van der Waals surface area contributed by atoms with Gasteiger partial charge in [0, 0.05) is 6.04 Å². The summed E-state index contributed by atoms with van der Waals surface area (Å²) >= 11 is 0. The van der Waals surface area contributed by atoms with Crippen LogP contribution in [-0.4, -0.2) is 12.6 Å². The highest BCUT2D eigenvalue weighted by Crippen LogP contribution is 2.42. The minimum Gasteiger partial charge on any atom is -0.314 e. The van der Waals surface area contributed by atoms with Gasteiger partial charge in [0.15, 0.2) is 0 Å². The zero-order valence-corrected chi connectivity index (χ0v) is 8.09. The van der Waals surface area contributed by atoms with Crippen molar-refractivity contribution in [1.82, 2.24) is 5.32 Å². The van der Waals surface area contributed by atoms with Crippen LogP contribution >= 0.6 is 0 Å². The largest absolute Gasteiger partial charge is 0.314 e. The molecule has 0 heterocycles. The van der Waals surface area contributed by atoms with Gasteiger partial charge >= 0.3 is 0 Å². The number of hydrogen-bond donors (Lipinski definition) is 1. The number of rotatable bonds is 3. The first-order valence-electron chi connectivity index (χ1n) is 5.17. The molecule has 2 aliphatic rings. The second-order valence-electron chi connectivity index (χ2n) is 4.60. The van der Waals surface area contributed by atoms with Gasteiger partial charge in [0.25, 0.3) is 0 Å². The first-order chi connectivity index (χ1) is 5.75. The Morgan fingerprint density at radius 1 is 1.33 bits per heavy atom. The highest BCUT2D eigenvalue weighted by atomic mass is 14.9. The summed E-state index contributed by atoms with van der Waals surface area (Å²) in [5.74, 6) is 2.76. The molecule has 2 aliphatic carbocycles. The Balaban J connectivity index is 1.80. The van der Waals surface area contributed by atoms with Crippen LogP contribution in [0.2, 0.25) is 0 Å². The maximum absolute atomic E-state index is 3.54. The Hall–Kier alpha value is -0.300. The van der Waals surface area contributed by atoms with Crippen molar-refractivity contribution in [3.05, 3.63) is 12.2 Å². The van der Waals surface area contributed by atoms with Crippen molar-refractivity contribution in [2.24, 2.45) is 17.8 Å². The summed E-state index contributed by atoms with van der Waals surface area (Å²) in [4.78, 5) is 0. The first-order valence-corrected chi connectivity index (χ1v) is 5.17. The zero-order chi connectivity index (χ0) is 8.55. The zero-order valence-electron chi connectivity index (χ0n) is 8.09. The monoisotopic (exact) mass is 165 g/mol. The molecule has 68 valence electrons. The predicted molar refractivity (Wildman–Crippen MR) is 52.0 cm³/mol. The number of allylic oxidation sites excluding steroid dienone is 2. The van der Waals surface area contributed by atoms with E-state index in [1.165, 1.54) is 19.4 Å². The van der Waals surface area contributed by atoms with E-state index in [2.05, 4.69) is 31.3 Å². The van der Waals surface area contributed by atoms with E-state index in [-0.39, 0.29) is 0 Å². The molecular weight excluding hydrogens is 146 g/mol. The molecular formula is C11H19N. The quantitative estimate of drug-likeness (QED) is 0.632. The van der Waals surface area contributed by atoms with E-state index in [4.69, 9.17) is 0 Å². The predicted octanol–water partition coefficient (Wildman–Crippen LogP) is 2.20. The van der Waals surface area contributed by atoms with Gasteiger partial charge in [-0.05, 0) is 37.1 Å². The molecule has 0 aliphatic heterocycles. The van der Waals surface area contributed by atoms with Crippen LogP contribution in [0, 0.1) is 17.8 Å². The average Bonchev–Trinajstić information content (AvgIpc) is 2.60. The summed E-state index contributed by atoms with van der Waals surface area (Å²) in [6.45, 7) is 5.68. The molecule has 2 rings (SSSR count). The number of fused-ring (bicyclic) bond motifs is 2. The van der Waals surface area contributed by atoms with E-state index < -0.39 is 0 Å². The standard InChI is InChI=1S/C11H19N/c1-8(2)12-7-11-6-9-3-4-10(11)5-9/h3-4,8-12H,5-7H2,1-2H3. The van der Waals surface area contributed by atoms with Gasteiger partial charge in [-0.15, -0.1) is 0 Å². The fourth-order valence-electron chi connectivity index (χ4n) is 2.52. The van der Waals surface area contributed by atoms with Crippen molar-refractivity contribution < 1.29 is 0 Å². The van der Waals surface area contributed by atoms with E-state index in [1.54, 1.807) is 0 Å². The van der Waals surface area contributed by atoms with Crippen LogP contribution in [0.3, 0.4) is 0 Å². The van der Waals surface area contributed by atoms with Crippen LogP contribution in [0.5, 0.6) is 0 Å². The molecule has 0 amide bonds. The van der Waals surface area contributed by atoms with Gasteiger partial charge in [-0.3, -0.25) is 0 Å². The summed E-state index contributed by atoms with van der Waals surface area (Å²) < 4.78 is 0. The van der Waals surface area contributed by atoms with E-state index in [0.717, 1.165) is 17.8 Å². The van der Waals surface area contributed by atoms with E-state index in [0.29, 0.717) is 6.04 Å². The van der Waals surface area contributed by atoms with Gasteiger partial charge in [0.05, 0.1) is 0 Å². The Labute approximate surface area is 75.2 Å². The van der Waals surface area contributed by atoms with Crippen LogP contribution in [0.1, 0.15) is 26.7 Å². The number of nitrogens with one attached hydrogen (secondary N) is 1. The Morgan fingerprint density at radius 3 is 2.67 bits per heavy atom. The lowest BCUT2D eigenvalue weighted by molar-refractivity contribution is 0.397. The summed E-state index contributed by atoms with van der Waals surface area (Å²) in [6, 6.07) is 0.646. The molecule has 0 aromatic rings. The van der Waals surface area contributed by atoms with Crippen molar-refractivity contribution in [1.29, 1.82) is 0 Å². The molecule has 1 saturated carbocycles. The SMILES string of the molecule is CC(C)NCC1CC2C=CC1C2. The minimum atomic E-state index is 0.646. The molecule has 0 radical (unpaired) electrons. The highest BCUT2D eigenvalue weighted by Gasteiger charge is 2.34. The van der Waals surface area contributed by atoms with Gasteiger partial charge in [-0.2, -0.15) is 0 Å². The van der Waals surface area contributed by atoms with E-state index >= 15 is 0 Å². The van der Waals surface area contributed by atoms with Crippen molar-refractivity contribution in [2.45, 2.75) is 32.7 Å². The normalized spacial score (nSPS) is 38.4. The fraction of sp³-hybridized carbons (Fsp3) is 0.818. The lowest BCUT2D eigenvalue weighted by atomic mass is 9.93. The van der Waals surface area contributed by atoms with Crippen LogP contribution in [0.4, 0.5) is 0 Å². The molecule has 1 heteroatoms. The van der Waals surface area contributed by atoms with Crippen molar-refractivity contribution >= 4 is 0 Å². The van der Waals surface area contributed by atoms with Crippen LogP contribution in [0.25, 0.3) is 0 Å². The van der Waals surface area contributed by atoms with Gasteiger partial charge in [0.1, 0.15) is 0 Å². The third kappa shape index (κ3) is 1.56. The third-order valence-corrected chi connectivity index (χ3v) is 3.20. The Kier molecular flexibility index (Phi) is 2.22. The molecule has 0 spiro atoms. The van der Waals surface area contributed by atoms with Gasteiger partial charge in [0.2, 0.25) is 0 Å². The van der Waals surface area contributed by atoms with E-state index in [1.807, 2.05) is 0 Å². The summed E-state index contributed by atoms with van der Waals surface area (Å²) in [5.41, 5.74) is 0. The molecule has 0 aromatic carbocycles. The van der Waals surface area contributed by atoms with Crippen LogP contribution < -0.4 is 5.32 Å². The smallest absolute Gasteiger partial charge is 0.00104 e. The van der Waals surface area contributed by atoms with Gasteiger partial charge in [-0.1, -0.05) is 26.0 Å².